The van der Waals surface area contributed by atoms with E-state index in [0.717, 1.165) is 21.3 Å². The molecule has 0 aliphatic carbocycles. The number of alkyl halides is 2. The molecule has 184 valence electrons. The Kier molecular flexibility index (Phi) is 5.83. The molecule has 0 saturated heterocycles. The van der Waals surface area contributed by atoms with Crippen LogP contribution >= 0.6 is 11.3 Å². The van der Waals surface area contributed by atoms with Crippen molar-refractivity contribution in [3.05, 3.63) is 71.3 Å². The monoisotopic (exact) mass is 509 g/mol. The van der Waals surface area contributed by atoms with Crippen LogP contribution in [0.5, 0.6) is 0 Å². The van der Waals surface area contributed by atoms with Gasteiger partial charge in [-0.25, -0.2) is 9.78 Å². The number of anilines is 1. The fourth-order valence-corrected chi connectivity index (χ4v) is 4.76. The summed E-state index contributed by atoms with van der Waals surface area (Å²) in [4.78, 5) is 30.7. The maximum atomic E-state index is 14.1. The molecule has 0 radical (unpaired) electrons. The van der Waals surface area contributed by atoms with Crippen LogP contribution in [0, 0.1) is 0 Å². The molecule has 3 heterocycles. The number of halogens is 2. The first-order valence-electron chi connectivity index (χ1n) is 11.0. The molecule has 1 N–H and O–H groups in total. The molecule has 5 rings (SSSR count). The highest BCUT2D eigenvalue weighted by Crippen LogP contribution is 2.39. The predicted octanol–water partition coefficient (Wildman–Crippen LogP) is 7.11. The van der Waals surface area contributed by atoms with Gasteiger partial charge in [-0.15, -0.1) is 11.3 Å². The van der Waals surface area contributed by atoms with E-state index in [1.807, 2.05) is 6.07 Å². The Morgan fingerprint density at radius 1 is 1.11 bits per heavy atom. The highest BCUT2D eigenvalue weighted by molar-refractivity contribution is 7.15. The van der Waals surface area contributed by atoms with E-state index < -0.39 is 24.0 Å². The number of carbonyl (C=O) groups is 2. The molecule has 1 amide bonds. The fraction of sp³-hybridized carbons (Fsp3) is 0.192. The number of hydrogen-bond donors (Lipinski definition) is 1. The van der Waals surface area contributed by atoms with Crippen LogP contribution in [0.3, 0.4) is 0 Å². The van der Waals surface area contributed by atoms with Gasteiger partial charge in [-0.3, -0.25) is 9.36 Å². The van der Waals surface area contributed by atoms with E-state index >= 15 is 0 Å². The molecule has 36 heavy (non-hydrogen) atoms. The molecule has 7 nitrogen and oxygen atoms in total. The van der Waals surface area contributed by atoms with Crippen LogP contribution in [-0.4, -0.2) is 27.0 Å². The summed E-state index contributed by atoms with van der Waals surface area (Å²) in [5.41, 5.74) is 0.313. The van der Waals surface area contributed by atoms with Gasteiger partial charge in [-0.05, 0) is 45.0 Å². The average molecular weight is 510 g/mol. The molecule has 0 unspecified atom stereocenters. The third kappa shape index (κ3) is 4.35. The molecule has 0 bridgehead atoms. The van der Waals surface area contributed by atoms with Crippen LogP contribution in [0.2, 0.25) is 0 Å². The fourth-order valence-electron chi connectivity index (χ4n) is 3.84. The van der Waals surface area contributed by atoms with Gasteiger partial charge in [-0.2, -0.15) is 8.78 Å². The Morgan fingerprint density at radius 2 is 1.83 bits per heavy atom. The molecule has 5 aromatic rings. The zero-order valence-electron chi connectivity index (χ0n) is 19.5. The van der Waals surface area contributed by atoms with Crippen LogP contribution in [0.4, 0.5) is 13.8 Å². The molecule has 10 heteroatoms. The topological polar surface area (TPSA) is 86.4 Å². The first-order chi connectivity index (χ1) is 17.1. The number of imidazole rings is 1. The molecule has 0 fully saturated rings. The molecule has 0 aliphatic rings. The van der Waals surface area contributed by atoms with E-state index in [2.05, 4.69) is 10.3 Å². The van der Waals surface area contributed by atoms with Crippen LogP contribution in [0.1, 0.15) is 48.2 Å². The van der Waals surface area contributed by atoms with Gasteiger partial charge in [0.25, 0.3) is 5.91 Å². The van der Waals surface area contributed by atoms with Gasteiger partial charge in [-0.1, -0.05) is 30.3 Å². The number of nitrogens with one attached hydrogen (secondary N) is 1. The number of para-hydroxylation sites is 3. The van der Waals surface area contributed by atoms with Crippen LogP contribution in [0.25, 0.3) is 33.4 Å². The highest BCUT2D eigenvalue weighted by Gasteiger charge is 2.31. The molecular weight excluding hydrogens is 488 g/mol. The Labute approximate surface area is 208 Å². The molecular formula is C26H21F2N3O4S. The van der Waals surface area contributed by atoms with Crippen molar-refractivity contribution >= 4 is 50.2 Å². The van der Waals surface area contributed by atoms with Gasteiger partial charge < -0.3 is 14.5 Å². The summed E-state index contributed by atoms with van der Waals surface area (Å²) in [6.45, 7) is 2.17. The largest absolute Gasteiger partial charge is 0.456 e. The van der Waals surface area contributed by atoms with Crippen molar-refractivity contribution in [1.29, 1.82) is 0 Å². The number of benzene rings is 2. The number of carbonyl (C=O) groups excluding carboxylic acids is 2. The number of aromatic nitrogens is 2. The van der Waals surface area contributed by atoms with Gasteiger partial charge in [0.2, 0.25) is 0 Å². The molecule has 3 aromatic heterocycles. The van der Waals surface area contributed by atoms with Crippen molar-refractivity contribution in [2.75, 3.05) is 5.32 Å². The molecule has 0 saturated carbocycles. The Hall–Kier alpha value is -4.05. The Balaban J connectivity index is 1.61. The summed E-state index contributed by atoms with van der Waals surface area (Å²) in [5, 5.41) is 5.07. The lowest BCUT2D eigenvalue weighted by molar-refractivity contribution is 0.00715. The van der Waals surface area contributed by atoms with E-state index in [0.29, 0.717) is 11.1 Å². The van der Waals surface area contributed by atoms with Crippen molar-refractivity contribution in [3.63, 3.8) is 0 Å². The van der Waals surface area contributed by atoms with E-state index in [-0.39, 0.29) is 33.2 Å². The van der Waals surface area contributed by atoms with E-state index in [1.165, 1.54) is 11.4 Å². The number of fused-ring (bicyclic) bond motifs is 2. The zero-order valence-corrected chi connectivity index (χ0v) is 20.4. The second-order valence-corrected chi connectivity index (χ2v) is 9.91. The minimum Gasteiger partial charge on any atom is -0.456 e. The van der Waals surface area contributed by atoms with Gasteiger partial charge in [0.15, 0.2) is 5.76 Å². The zero-order chi connectivity index (χ0) is 25.6. The van der Waals surface area contributed by atoms with Crippen molar-refractivity contribution in [2.45, 2.75) is 32.9 Å². The summed E-state index contributed by atoms with van der Waals surface area (Å²) < 4.78 is 40.2. The van der Waals surface area contributed by atoms with Crippen LogP contribution in [-0.2, 0) is 4.74 Å². The van der Waals surface area contributed by atoms with Crippen molar-refractivity contribution in [2.24, 2.45) is 0 Å². The molecule has 0 spiro atoms. The number of amides is 1. The lowest BCUT2D eigenvalue weighted by Crippen LogP contribution is -2.25. The second-order valence-electron chi connectivity index (χ2n) is 9.03. The smallest absolute Gasteiger partial charge is 0.342 e. The first-order valence-corrected chi connectivity index (χ1v) is 11.9. The number of hydrogen-bond acceptors (Lipinski definition) is 6. The molecule has 2 aromatic carbocycles. The minimum absolute atomic E-state index is 0.0427. The van der Waals surface area contributed by atoms with Gasteiger partial charge >= 0.3 is 12.5 Å². The van der Waals surface area contributed by atoms with Crippen molar-refractivity contribution in [3.8, 4) is 11.4 Å². The predicted molar refractivity (Wildman–Crippen MR) is 134 cm³/mol. The standard InChI is InChI=1S/C26H21F2N3O4S/c1-26(2,3)35-24(33)20-15(21-29-16-9-5-6-10-17(16)31(21)25(27)28)13-36-23(20)30-22(32)19-12-14-8-4-7-11-18(14)34-19/h4-13,25H,1-3H3,(H,30,32). The summed E-state index contributed by atoms with van der Waals surface area (Å²) >= 11 is 1.01. The minimum atomic E-state index is -2.91. The Morgan fingerprint density at radius 3 is 2.56 bits per heavy atom. The van der Waals surface area contributed by atoms with E-state index in [9.17, 15) is 18.4 Å². The molecule has 0 aliphatic heterocycles. The third-order valence-electron chi connectivity index (χ3n) is 5.30. The number of nitrogens with zero attached hydrogens (tertiary/aromatic N) is 2. The van der Waals surface area contributed by atoms with Gasteiger partial charge in [0, 0.05) is 16.3 Å². The maximum Gasteiger partial charge on any atom is 0.342 e. The summed E-state index contributed by atoms with van der Waals surface area (Å²) in [6, 6.07) is 15.2. The maximum absolute atomic E-state index is 14.1. The van der Waals surface area contributed by atoms with Crippen molar-refractivity contribution in [1.82, 2.24) is 9.55 Å². The summed E-state index contributed by atoms with van der Waals surface area (Å²) in [5.74, 6) is -1.42. The van der Waals surface area contributed by atoms with Crippen LogP contribution < -0.4 is 5.32 Å². The average Bonchev–Trinajstić information content (AvgIpc) is 3.52. The number of thiophene rings is 1. The summed E-state index contributed by atoms with van der Waals surface area (Å²) in [6.07, 6.45) is 0. The highest BCUT2D eigenvalue weighted by atomic mass is 32.1. The number of esters is 1. The number of ether oxygens (including phenoxy) is 1. The summed E-state index contributed by atoms with van der Waals surface area (Å²) in [7, 11) is 0. The van der Waals surface area contributed by atoms with E-state index in [1.54, 1.807) is 63.2 Å². The number of rotatable bonds is 5. The van der Waals surface area contributed by atoms with Crippen LogP contribution in [0.15, 0.2) is 64.4 Å². The molecule has 0 atom stereocenters. The van der Waals surface area contributed by atoms with E-state index in [4.69, 9.17) is 9.15 Å². The van der Waals surface area contributed by atoms with Gasteiger partial charge in [0.1, 0.15) is 27.6 Å². The first kappa shape index (κ1) is 23.7. The number of furan rings is 1. The van der Waals surface area contributed by atoms with Gasteiger partial charge in [0.05, 0.1) is 11.0 Å². The lowest BCUT2D eigenvalue weighted by Gasteiger charge is -2.20. The quantitative estimate of drug-likeness (QED) is 0.255. The lowest BCUT2D eigenvalue weighted by atomic mass is 10.1. The third-order valence-corrected chi connectivity index (χ3v) is 6.20. The Bertz CT molecular complexity index is 1580. The second kappa shape index (κ2) is 8.87. The van der Waals surface area contributed by atoms with Crippen molar-refractivity contribution < 1.29 is 27.5 Å². The SMILES string of the molecule is CC(C)(C)OC(=O)c1c(-c2nc3ccccc3n2C(F)F)csc1NC(=O)c1cc2ccccc2o1. The normalized spacial score (nSPS) is 11.9.